The molecule has 132 valence electrons. The van der Waals surface area contributed by atoms with Crippen molar-refractivity contribution >= 4 is 11.9 Å². The van der Waals surface area contributed by atoms with E-state index in [9.17, 15) is 4.79 Å². The van der Waals surface area contributed by atoms with Crippen LogP contribution in [0.4, 0.5) is 5.95 Å². The van der Waals surface area contributed by atoms with Crippen LogP contribution in [0.25, 0.3) is 0 Å². The van der Waals surface area contributed by atoms with Gasteiger partial charge in [-0.3, -0.25) is 4.79 Å². The Labute approximate surface area is 142 Å². The molecule has 24 heavy (non-hydrogen) atoms. The van der Waals surface area contributed by atoms with Crippen molar-refractivity contribution in [3.05, 3.63) is 18.0 Å². The Morgan fingerprint density at radius 2 is 2.00 bits per heavy atom. The van der Waals surface area contributed by atoms with Crippen LogP contribution in [0, 0.1) is 0 Å². The van der Waals surface area contributed by atoms with E-state index in [2.05, 4.69) is 20.2 Å². The van der Waals surface area contributed by atoms with Crippen molar-refractivity contribution in [2.75, 3.05) is 44.4 Å². The highest BCUT2D eigenvalue weighted by molar-refractivity contribution is 5.93. The molecule has 0 aliphatic carbocycles. The lowest BCUT2D eigenvalue weighted by Gasteiger charge is -2.26. The van der Waals surface area contributed by atoms with Crippen LogP contribution in [0.2, 0.25) is 0 Å². The Balaban J connectivity index is 1.36. The first-order chi connectivity index (χ1) is 11.8. The van der Waals surface area contributed by atoms with Crippen molar-refractivity contribution in [2.45, 2.75) is 38.2 Å². The molecule has 3 heterocycles. The summed E-state index contributed by atoms with van der Waals surface area (Å²) in [6.07, 6.45) is 9.13. The summed E-state index contributed by atoms with van der Waals surface area (Å²) >= 11 is 0. The monoisotopic (exact) mass is 334 g/mol. The summed E-state index contributed by atoms with van der Waals surface area (Å²) in [5.41, 5.74) is 0.506. The molecule has 0 aromatic carbocycles. The molecule has 0 spiro atoms. The van der Waals surface area contributed by atoms with Gasteiger partial charge in [-0.1, -0.05) is 0 Å². The molecule has 0 saturated carbocycles. The summed E-state index contributed by atoms with van der Waals surface area (Å²) in [6.45, 7) is 4.54. The van der Waals surface area contributed by atoms with Crippen molar-refractivity contribution in [2.24, 2.45) is 0 Å². The van der Waals surface area contributed by atoms with Crippen LogP contribution in [-0.4, -0.2) is 61.4 Å². The quantitative estimate of drug-likeness (QED) is 0.760. The molecule has 1 aromatic rings. The lowest BCUT2D eigenvalue weighted by molar-refractivity contribution is 0.0946. The van der Waals surface area contributed by atoms with Gasteiger partial charge in [0, 0.05) is 38.6 Å². The summed E-state index contributed by atoms with van der Waals surface area (Å²) in [6, 6.07) is 0. The van der Waals surface area contributed by atoms with Crippen LogP contribution < -0.4 is 10.2 Å². The van der Waals surface area contributed by atoms with Gasteiger partial charge in [-0.2, -0.15) is 0 Å². The number of hydrogen-bond donors (Lipinski definition) is 1. The number of amides is 1. The van der Waals surface area contributed by atoms with Gasteiger partial charge in [-0.05, 0) is 32.1 Å². The third-order valence-corrected chi connectivity index (χ3v) is 4.46. The first-order valence-corrected chi connectivity index (χ1v) is 8.87. The summed E-state index contributed by atoms with van der Waals surface area (Å²) < 4.78 is 10.9. The second kappa shape index (κ2) is 8.94. The maximum absolute atomic E-state index is 12.1. The van der Waals surface area contributed by atoms with E-state index in [0.717, 1.165) is 39.0 Å². The minimum atomic E-state index is -0.111. The topological polar surface area (TPSA) is 76.6 Å². The highest BCUT2D eigenvalue weighted by Crippen LogP contribution is 2.17. The Kier molecular flexibility index (Phi) is 6.37. The van der Waals surface area contributed by atoms with E-state index < -0.39 is 0 Å². The van der Waals surface area contributed by atoms with E-state index in [0.29, 0.717) is 37.4 Å². The molecule has 2 fully saturated rings. The number of rotatable bonds is 7. The van der Waals surface area contributed by atoms with Gasteiger partial charge in [0.05, 0.1) is 24.9 Å². The molecule has 2 aliphatic rings. The van der Waals surface area contributed by atoms with E-state index in [4.69, 9.17) is 9.47 Å². The molecule has 7 nitrogen and oxygen atoms in total. The molecule has 1 amide bonds. The minimum Gasteiger partial charge on any atom is -0.378 e. The first kappa shape index (κ1) is 17.1. The average molecular weight is 334 g/mol. The lowest BCUT2D eigenvalue weighted by atomic mass is 10.1. The van der Waals surface area contributed by atoms with Crippen molar-refractivity contribution in [1.82, 2.24) is 15.3 Å². The molecule has 1 aromatic heterocycles. The number of nitrogens with zero attached hydrogens (tertiary/aromatic N) is 3. The molecule has 0 bridgehead atoms. The molecule has 2 saturated heterocycles. The zero-order valence-electron chi connectivity index (χ0n) is 14.1. The van der Waals surface area contributed by atoms with E-state index in [1.165, 1.54) is 12.8 Å². The fourth-order valence-corrected chi connectivity index (χ4v) is 3.04. The van der Waals surface area contributed by atoms with Gasteiger partial charge in [-0.15, -0.1) is 0 Å². The number of unbranched alkanes of at least 4 members (excludes halogenated alkanes) is 1. The smallest absolute Gasteiger partial charge is 0.254 e. The zero-order valence-corrected chi connectivity index (χ0v) is 14.1. The molecular formula is C17H26N4O3. The summed E-state index contributed by atoms with van der Waals surface area (Å²) in [4.78, 5) is 22.8. The zero-order chi connectivity index (χ0) is 16.6. The maximum atomic E-state index is 12.1. The van der Waals surface area contributed by atoms with Gasteiger partial charge in [0.25, 0.3) is 5.91 Å². The van der Waals surface area contributed by atoms with Gasteiger partial charge < -0.3 is 19.7 Å². The number of carbonyl (C=O) groups excluding carboxylic acids is 1. The van der Waals surface area contributed by atoms with E-state index in [1.54, 1.807) is 12.4 Å². The molecule has 7 heteroatoms. The molecule has 0 radical (unpaired) electrons. The highest BCUT2D eigenvalue weighted by Gasteiger charge is 2.16. The van der Waals surface area contributed by atoms with Crippen LogP contribution in [0.1, 0.15) is 42.5 Å². The summed E-state index contributed by atoms with van der Waals surface area (Å²) in [5, 5.41) is 2.93. The van der Waals surface area contributed by atoms with Crippen LogP contribution in [-0.2, 0) is 9.47 Å². The number of ether oxygens (including phenoxy) is 2. The van der Waals surface area contributed by atoms with Crippen molar-refractivity contribution < 1.29 is 14.3 Å². The van der Waals surface area contributed by atoms with Crippen molar-refractivity contribution in [3.63, 3.8) is 0 Å². The third-order valence-electron chi connectivity index (χ3n) is 4.46. The van der Waals surface area contributed by atoms with Crippen LogP contribution >= 0.6 is 0 Å². The maximum Gasteiger partial charge on any atom is 0.254 e. The van der Waals surface area contributed by atoms with Gasteiger partial charge in [0.2, 0.25) is 5.95 Å². The van der Waals surface area contributed by atoms with Gasteiger partial charge in [-0.25, -0.2) is 9.97 Å². The van der Waals surface area contributed by atoms with Gasteiger partial charge >= 0.3 is 0 Å². The summed E-state index contributed by atoms with van der Waals surface area (Å²) in [7, 11) is 0. The number of hydrogen-bond acceptors (Lipinski definition) is 6. The molecule has 1 unspecified atom stereocenters. The Bertz CT molecular complexity index is 511. The average Bonchev–Trinajstić information content (AvgIpc) is 3.16. The SMILES string of the molecule is O=C(NCCCCC1CCCO1)c1cnc(N2CCOCC2)nc1. The van der Waals surface area contributed by atoms with E-state index in [-0.39, 0.29) is 5.91 Å². The van der Waals surface area contributed by atoms with Gasteiger partial charge in [0.15, 0.2) is 0 Å². The molecule has 3 rings (SSSR count). The van der Waals surface area contributed by atoms with Crippen molar-refractivity contribution in [1.29, 1.82) is 0 Å². The standard InChI is InChI=1S/C17H26N4O3/c22-16(18-6-2-1-4-15-5-3-9-24-15)14-12-19-17(20-13-14)21-7-10-23-11-8-21/h12-13,15H,1-11H2,(H,18,22). The number of anilines is 1. The third kappa shape index (κ3) is 4.88. The van der Waals surface area contributed by atoms with Crippen LogP contribution in [0.5, 0.6) is 0 Å². The molecular weight excluding hydrogens is 308 g/mol. The fraction of sp³-hybridized carbons (Fsp3) is 0.706. The summed E-state index contributed by atoms with van der Waals surface area (Å²) in [5.74, 6) is 0.548. The Morgan fingerprint density at radius 1 is 1.21 bits per heavy atom. The number of morpholine rings is 1. The number of aromatic nitrogens is 2. The van der Waals surface area contributed by atoms with E-state index >= 15 is 0 Å². The van der Waals surface area contributed by atoms with Crippen LogP contribution in [0.15, 0.2) is 12.4 Å². The van der Waals surface area contributed by atoms with Gasteiger partial charge in [0.1, 0.15) is 0 Å². The highest BCUT2D eigenvalue weighted by atomic mass is 16.5. The normalized spacial score (nSPS) is 21.0. The van der Waals surface area contributed by atoms with E-state index in [1.807, 2.05) is 0 Å². The largest absolute Gasteiger partial charge is 0.378 e. The predicted molar refractivity (Wildman–Crippen MR) is 90.2 cm³/mol. The fourth-order valence-electron chi connectivity index (χ4n) is 3.04. The second-order valence-corrected chi connectivity index (χ2v) is 6.26. The first-order valence-electron chi connectivity index (χ1n) is 8.87. The minimum absolute atomic E-state index is 0.111. The number of carbonyl (C=O) groups is 1. The second-order valence-electron chi connectivity index (χ2n) is 6.26. The van der Waals surface area contributed by atoms with Crippen LogP contribution in [0.3, 0.4) is 0 Å². The molecule has 1 N–H and O–H groups in total. The van der Waals surface area contributed by atoms with Crippen molar-refractivity contribution in [3.8, 4) is 0 Å². The Hall–Kier alpha value is -1.73. The molecule has 1 atom stereocenters. The molecule has 2 aliphatic heterocycles. The predicted octanol–water partition coefficient (Wildman–Crippen LogP) is 1.39. The Morgan fingerprint density at radius 3 is 2.71 bits per heavy atom. The number of nitrogens with one attached hydrogen (secondary N) is 1. The lowest BCUT2D eigenvalue weighted by Crippen LogP contribution is -2.37.